The molecule has 2 aromatic rings. The number of ether oxygens (including phenoxy) is 2. The molecule has 6 heteroatoms. The van der Waals surface area contributed by atoms with Gasteiger partial charge in [0.1, 0.15) is 11.8 Å². The van der Waals surface area contributed by atoms with Crippen molar-refractivity contribution >= 4 is 5.97 Å². The van der Waals surface area contributed by atoms with E-state index in [9.17, 15) is 9.90 Å². The summed E-state index contributed by atoms with van der Waals surface area (Å²) in [6, 6.07) is 8.66. The van der Waals surface area contributed by atoms with Gasteiger partial charge in [-0.05, 0) is 42.7 Å². The fraction of sp³-hybridized carbons (Fsp3) is 0.353. The van der Waals surface area contributed by atoms with Crippen molar-refractivity contribution in [3.63, 3.8) is 0 Å². The van der Waals surface area contributed by atoms with Crippen LogP contribution >= 0.6 is 0 Å². The number of carboxylic acids is 1. The minimum absolute atomic E-state index is 0.214. The number of fused-ring (bicyclic) bond motifs is 1. The average molecular weight is 315 g/mol. The summed E-state index contributed by atoms with van der Waals surface area (Å²) in [6.07, 6.45) is 3.12. The Balaban J connectivity index is 1.76. The summed E-state index contributed by atoms with van der Waals surface area (Å²) >= 11 is 0. The van der Waals surface area contributed by atoms with Crippen LogP contribution in [0.4, 0.5) is 0 Å². The summed E-state index contributed by atoms with van der Waals surface area (Å²) in [5, 5.41) is 9.51. The molecule has 120 valence electrons. The smallest absolute Gasteiger partial charge is 0.320 e. The lowest BCUT2D eigenvalue weighted by Gasteiger charge is -2.30. The van der Waals surface area contributed by atoms with E-state index in [2.05, 4.69) is 0 Å². The molecule has 0 amide bonds. The van der Waals surface area contributed by atoms with Crippen LogP contribution in [0.15, 0.2) is 41.0 Å². The van der Waals surface area contributed by atoms with E-state index in [4.69, 9.17) is 13.9 Å². The van der Waals surface area contributed by atoms with Crippen molar-refractivity contribution in [1.82, 2.24) is 4.90 Å². The quantitative estimate of drug-likeness (QED) is 0.935. The largest absolute Gasteiger partial charge is 0.480 e. The van der Waals surface area contributed by atoms with Crippen molar-refractivity contribution < 1.29 is 23.8 Å². The van der Waals surface area contributed by atoms with Gasteiger partial charge in [-0.3, -0.25) is 9.69 Å². The zero-order valence-corrected chi connectivity index (χ0v) is 12.5. The average Bonchev–Trinajstić information content (AvgIpc) is 3.29. The first kappa shape index (κ1) is 14.1. The highest BCUT2D eigenvalue weighted by molar-refractivity contribution is 5.74. The van der Waals surface area contributed by atoms with Gasteiger partial charge in [0.05, 0.1) is 12.3 Å². The standard InChI is InChI=1S/C17H17NO5/c19-17(20)12-3-1-7-18(12)16(14-4-2-8-21-14)11-5-6-13-15(9-11)23-10-22-13/h2,4-6,8-9,12,16H,1,3,7,10H2,(H,19,20). The molecule has 0 spiro atoms. The third-order valence-corrected chi connectivity index (χ3v) is 4.44. The van der Waals surface area contributed by atoms with Gasteiger partial charge >= 0.3 is 5.97 Å². The lowest BCUT2D eigenvalue weighted by atomic mass is 10.0. The van der Waals surface area contributed by atoms with Crippen molar-refractivity contribution in [1.29, 1.82) is 0 Å². The zero-order valence-electron chi connectivity index (χ0n) is 12.5. The van der Waals surface area contributed by atoms with E-state index in [1.165, 1.54) is 0 Å². The monoisotopic (exact) mass is 315 g/mol. The molecule has 2 aliphatic rings. The second-order valence-electron chi connectivity index (χ2n) is 5.76. The maximum Gasteiger partial charge on any atom is 0.320 e. The van der Waals surface area contributed by atoms with Gasteiger partial charge < -0.3 is 19.0 Å². The van der Waals surface area contributed by atoms with Gasteiger partial charge in [-0.25, -0.2) is 0 Å². The summed E-state index contributed by atoms with van der Waals surface area (Å²) in [5.41, 5.74) is 0.942. The summed E-state index contributed by atoms with van der Waals surface area (Å²) in [6.45, 7) is 0.933. The molecule has 2 aliphatic heterocycles. The molecule has 0 bridgehead atoms. The number of likely N-dealkylation sites (tertiary alicyclic amines) is 1. The lowest BCUT2D eigenvalue weighted by Crippen LogP contribution is -2.39. The molecule has 4 rings (SSSR count). The van der Waals surface area contributed by atoms with Crippen LogP contribution in [0.3, 0.4) is 0 Å². The topological polar surface area (TPSA) is 72.1 Å². The maximum absolute atomic E-state index is 11.6. The molecule has 1 fully saturated rings. The number of aliphatic carboxylic acids is 1. The van der Waals surface area contributed by atoms with Crippen LogP contribution in [0, 0.1) is 0 Å². The number of hydrogen-bond donors (Lipinski definition) is 1. The third-order valence-electron chi connectivity index (χ3n) is 4.44. The molecule has 1 N–H and O–H groups in total. The molecule has 0 aliphatic carbocycles. The second-order valence-corrected chi connectivity index (χ2v) is 5.76. The van der Waals surface area contributed by atoms with E-state index < -0.39 is 12.0 Å². The van der Waals surface area contributed by atoms with Crippen LogP contribution < -0.4 is 9.47 Å². The summed E-state index contributed by atoms with van der Waals surface area (Å²) in [5.74, 6) is 1.34. The van der Waals surface area contributed by atoms with Crippen LogP contribution in [0.1, 0.15) is 30.2 Å². The molecule has 1 aromatic carbocycles. The predicted octanol–water partition coefficient (Wildman–Crippen LogP) is 2.65. The van der Waals surface area contributed by atoms with Crippen LogP contribution in [-0.4, -0.2) is 35.4 Å². The molecule has 2 unspecified atom stereocenters. The number of hydrogen-bond acceptors (Lipinski definition) is 5. The van der Waals surface area contributed by atoms with Gasteiger partial charge in [0.15, 0.2) is 11.5 Å². The molecular weight excluding hydrogens is 298 g/mol. The van der Waals surface area contributed by atoms with E-state index in [0.29, 0.717) is 17.9 Å². The molecule has 0 radical (unpaired) electrons. The summed E-state index contributed by atoms with van der Waals surface area (Å²) in [7, 11) is 0. The van der Waals surface area contributed by atoms with Crippen LogP contribution in [0.5, 0.6) is 11.5 Å². The minimum Gasteiger partial charge on any atom is -0.480 e. The number of furan rings is 1. The normalized spacial score (nSPS) is 21.5. The Kier molecular flexibility index (Phi) is 3.46. The highest BCUT2D eigenvalue weighted by Crippen LogP contribution is 2.40. The van der Waals surface area contributed by atoms with Crippen molar-refractivity contribution in [3.8, 4) is 11.5 Å². The number of carboxylic acid groups (broad SMARTS) is 1. The van der Waals surface area contributed by atoms with Gasteiger partial charge in [-0.2, -0.15) is 0 Å². The van der Waals surface area contributed by atoms with Crippen molar-refractivity contribution in [3.05, 3.63) is 47.9 Å². The minimum atomic E-state index is -0.792. The summed E-state index contributed by atoms with van der Waals surface area (Å²) < 4.78 is 16.4. The molecular formula is C17H17NO5. The Bertz CT molecular complexity index is 712. The van der Waals surface area contributed by atoms with Crippen molar-refractivity contribution in [2.24, 2.45) is 0 Å². The highest BCUT2D eigenvalue weighted by atomic mass is 16.7. The van der Waals surface area contributed by atoms with Gasteiger partial charge in [0.25, 0.3) is 0 Å². The van der Waals surface area contributed by atoms with E-state index in [1.807, 2.05) is 35.2 Å². The maximum atomic E-state index is 11.6. The molecule has 3 heterocycles. The Hall–Kier alpha value is -2.47. The Morgan fingerprint density at radius 1 is 1.26 bits per heavy atom. The Morgan fingerprint density at radius 2 is 2.13 bits per heavy atom. The first-order valence-corrected chi connectivity index (χ1v) is 7.65. The molecule has 1 aromatic heterocycles. The van der Waals surface area contributed by atoms with Gasteiger partial charge in [-0.15, -0.1) is 0 Å². The Morgan fingerprint density at radius 3 is 2.91 bits per heavy atom. The van der Waals surface area contributed by atoms with E-state index >= 15 is 0 Å². The molecule has 0 saturated carbocycles. The third kappa shape index (κ3) is 2.45. The summed E-state index contributed by atoms with van der Waals surface area (Å²) in [4.78, 5) is 13.6. The fourth-order valence-corrected chi connectivity index (χ4v) is 3.41. The van der Waals surface area contributed by atoms with E-state index in [1.54, 1.807) is 6.26 Å². The zero-order chi connectivity index (χ0) is 15.8. The number of carbonyl (C=O) groups is 1. The van der Waals surface area contributed by atoms with Crippen LogP contribution in [-0.2, 0) is 4.79 Å². The van der Waals surface area contributed by atoms with E-state index in [0.717, 1.165) is 24.3 Å². The highest BCUT2D eigenvalue weighted by Gasteiger charge is 2.38. The van der Waals surface area contributed by atoms with Crippen molar-refractivity contribution in [2.75, 3.05) is 13.3 Å². The first-order valence-electron chi connectivity index (χ1n) is 7.65. The van der Waals surface area contributed by atoms with Gasteiger partial charge in [0, 0.05) is 6.54 Å². The fourth-order valence-electron chi connectivity index (χ4n) is 3.41. The molecule has 2 atom stereocenters. The number of benzene rings is 1. The van der Waals surface area contributed by atoms with E-state index in [-0.39, 0.29) is 12.8 Å². The van der Waals surface area contributed by atoms with Gasteiger partial charge in [0.2, 0.25) is 6.79 Å². The predicted molar refractivity (Wildman–Crippen MR) is 80.5 cm³/mol. The van der Waals surface area contributed by atoms with Crippen LogP contribution in [0.2, 0.25) is 0 Å². The first-order chi connectivity index (χ1) is 11.2. The van der Waals surface area contributed by atoms with Gasteiger partial charge in [-0.1, -0.05) is 6.07 Å². The van der Waals surface area contributed by atoms with Crippen LogP contribution in [0.25, 0.3) is 0 Å². The number of rotatable bonds is 4. The second kappa shape index (κ2) is 5.62. The molecule has 23 heavy (non-hydrogen) atoms. The Labute approximate surface area is 133 Å². The SMILES string of the molecule is O=C(O)C1CCCN1C(c1ccc2c(c1)OCO2)c1ccco1. The molecule has 1 saturated heterocycles. The van der Waals surface area contributed by atoms with Crippen molar-refractivity contribution in [2.45, 2.75) is 24.9 Å². The number of nitrogens with zero attached hydrogens (tertiary/aromatic N) is 1. The molecule has 6 nitrogen and oxygen atoms in total. The lowest BCUT2D eigenvalue weighted by molar-refractivity contribution is -0.142.